The van der Waals surface area contributed by atoms with Crippen molar-refractivity contribution in [2.45, 2.75) is 0 Å². The van der Waals surface area contributed by atoms with E-state index < -0.39 is 111 Å². The Kier molecular flexibility index (Phi) is 6.44. The van der Waals surface area contributed by atoms with E-state index >= 15 is 0 Å². The van der Waals surface area contributed by atoms with Crippen molar-refractivity contribution < 1.29 is 70.9 Å². The zero-order chi connectivity index (χ0) is 26.9. The normalized spacial score (nSPS) is 13.3. The molecule has 188 valence electrons. The second kappa shape index (κ2) is 8.52. The van der Waals surface area contributed by atoms with Gasteiger partial charge in [0.25, 0.3) is 7.37 Å². The van der Waals surface area contributed by atoms with E-state index in [1.165, 1.54) is 0 Å². The summed E-state index contributed by atoms with van der Waals surface area (Å²) in [4.78, 5) is 10.1. The lowest BCUT2D eigenvalue weighted by Crippen LogP contribution is -2.30. The first-order valence-electron chi connectivity index (χ1n) is 8.23. The van der Waals surface area contributed by atoms with Crippen molar-refractivity contribution >= 4 is 18.0 Å². The molecule has 0 fully saturated rings. The fourth-order valence-electron chi connectivity index (χ4n) is 2.93. The van der Waals surface area contributed by atoms with E-state index in [4.69, 9.17) is 0 Å². The van der Waals surface area contributed by atoms with Crippen molar-refractivity contribution in [1.29, 1.82) is 0 Å². The molecule has 0 aliphatic carbocycles. The third-order valence-electron chi connectivity index (χ3n) is 4.49. The Morgan fingerprint density at radius 3 is 0.914 bits per heavy atom. The van der Waals surface area contributed by atoms with Crippen LogP contribution in [0.4, 0.5) is 61.5 Å². The van der Waals surface area contributed by atoms with Gasteiger partial charge in [-0.2, -0.15) is 0 Å². The molecule has 0 radical (unpaired) electrons. The molecule has 0 saturated carbocycles. The molecule has 0 saturated heterocycles. The maximum Gasteiger partial charge on any atom is 0.268 e. The second-order valence-electron chi connectivity index (χ2n) is 6.42. The number of hydrogen-bond acceptors (Lipinski definition) is 1. The molecule has 0 aliphatic heterocycles. The first-order chi connectivity index (χ1) is 16.0. The lowest BCUT2D eigenvalue weighted by Gasteiger charge is -2.21. The van der Waals surface area contributed by atoms with Crippen LogP contribution in [0, 0.1) is 81.4 Å². The zero-order valence-corrected chi connectivity index (χ0v) is 16.5. The first-order valence-corrected chi connectivity index (χ1v) is 9.89. The Balaban J connectivity index is 2.65. The smallest absolute Gasteiger partial charge is 0.268 e. The summed E-state index contributed by atoms with van der Waals surface area (Å²) in [5, 5.41) is -5.83. The number of benzene rings is 3. The van der Waals surface area contributed by atoms with E-state index in [1.54, 1.807) is 0 Å². The van der Waals surface area contributed by atoms with Crippen LogP contribution in [0.5, 0.6) is 0 Å². The van der Waals surface area contributed by atoms with E-state index in [9.17, 15) is 70.9 Å². The third-order valence-corrected chi connectivity index (χ3v) is 6.52. The van der Waals surface area contributed by atoms with Crippen molar-refractivity contribution in [3.05, 3.63) is 81.4 Å². The molecule has 3 aromatic rings. The lowest BCUT2D eigenvalue weighted by molar-refractivity contribution is 0.379. The molecule has 35 heavy (non-hydrogen) atoms. The van der Waals surface area contributed by atoms with Crippen molar-refractivity contribution in [1.82, 2.24) is 0 Å². The summed E-state index contributed by atoms with van der Waals surface area (Å²) >= 11 is 0. The zero-order valence-electron chi connectivity index (χ0n) is 15.6. The van der Waals surface area contributed by atoms with Crippen molar-refractivity contribution in [2.24, 2.45) is 0 Å². The fourth-order valence-corrected chi connectivity index (χ4v) is 4.76. The molecule has 1 N–H and O–H groups in total. The van der Waals surface area contributed by atoms with Gasteiger partial charge in [0.1, 0.15) is 5.30 Å². The molecule has 0 aromatic heterocycles. The van der Waals surface area contributed by atoms with Crippen LogP contribution < -0.4 is 10.6 Å². The van der Waals surface area contributed by atoms with E-state index in [2.05, 4.69) is 0 Å². The SMILES string of the molecule is O=P(O)(c1c(F)c(F)c(F)c(F)c1F)c1c(F)c(F)c(F)c(F)c1-c1c(F)c(F)c(F)c(F)c1F. The summed E-state index contributed by atoms with van der Waals surface area (Å²) in [6, 6.07) is 0. The van der Waals surface area contributed by atoms with Crippen LogP contribution >= 0.6 is 7.37 Å². The van der Waals surface area contributed by atoms with Gasteiger partial charge in [0.2, 0.25) is 11.6 Å². The van der Waals surface area contributed by atoms with Gasteiger partial charge in [-0.15, -0.1) is 0 Å². The van der Waals surface area contributed by atoms with Gasteiger partial charge in [0.05, 0.1) is 10.9 Å². The topological polar surface area (TPSA) is 37.3 Å². The van der Waals surface area contributed by atoms with Crippen LogP contribution in [0.2, 0.25) is 0 Å². The van der Waals surface area contributed by atoms with E-state index in [-0.39, 0.29) is 0 Å². The molecule has 17 heteroatoms. The molecule has 0 aliphatic rings. The van der Waals surface area contributed by atoms with Crippen LogP contribution in [0.15, 0.2) is 0 Å². The standard InChI is InChI=1S/C18HF14O2P/c19-3-1(4(20)7(23)9(25)6(3)22)2-5(21)8(24)11(27)14(30)17(2)35(33,34)18-15(31)12(28)10(26)13(29)16(18)32/h(H,33,34). The highest BCUT2D eigenvalue weighted by Crippen LogP contribution is 2.48. The Labute approximate surface area is 182 Å². The monoisotopic (exact) mass is 546 g/mol. The van der Waals surface area contributed by atoms with Crippen LogP contribution in [0.3, 0.4) is 0 Å². The third kappa shape index (κ3) is 3.57. The molecule has 0 spiro atoms. The first kappa shape index (κ1) is 26.5. The van der Waals surface area contributed by atoms with Crippen LogP contribution in [0.1, 0.15) is 0 Å². The van der Waals surface area contributed by atoms with Crippen molar-refractivity contribution in [2.75, 3.05) is 0 Å². The van der Waals surface area contributed by atoms with Gasteiger partial charge in [-0.3, -0.25) is 4.57 Å². The summed E-state index contributed by atoms with van der Waals surface area (Å²) in [5.41, 5.74) is -5.51. The quantitative estimate of drug-likeness (QED) is 0.204. The summed E-state index contributed by atoms with van der Waals surface area (Å²) in [5.74, 6) is -42.9. The van der Waals surface area contributed by atoms with Gasteiger partial charge in [-0.25, -0.2) is 61.5 Å². The van der Waals surface area contributed by atoms with Gasteiger partial charge in [-0.05, 0) is 0 Å². The van der Waals surface area contributed by atoms with Gasteiger partial charge < -0.3 is 4.89 Å². The lowest BCUT2D eigenvalue weighted by atomic mass is 10.0. The van der Waals surface area contributed by atoms with Gasteiger partial charge in [-0.1, -0.05) is 0 Å². The molecular weight excluding hydrogens is 545 g/mol. The maximum absolute atomic E-state index is 14.5. The summed E-state index contributed by atoms with van der Waals surface area (Å²) in [6.07, 6.45) is 0. The number of rotatable bonds is 3. The van der Waals surface area contributed by atoms with E-state index in [0.29, 0.717) is 0 Å². The Morgan fingerprint density at radius 2 is 0.571 bits per heavy atom. The number of halogens is 14. The maximum atomic E-state index is 14.5. The summed E-state index contributed by atoms with van der Waals surface area (Å²) < 4.78 is 207. The highest BCUT2D eigenvalue weighted by molar-refractivity contribution is 7.73. The predicted molar refractivity (Wildman–Crippen MR) is 86.8 cm³/mol. The van der Waals surface area contributed by atoms with E-state index in [1.807, 2.05) is 0 Å². The van der Waals surface area contributed by atoms with Gasteiger partial charge >= 0.3 is 0 Å². The van der Waals surface area contributed by atoms with Gasteiger partial charge in [0, 0.05) is 5.56 Å². The minimum Gasteiger partial charge on any atom is -0.338 e. The Morgan fingerprint density at radius 1 is 0.343 bits per heavy atom. The fraction of sp³-hybridized carbons (Fsp3) is 0. The average molecular weight is 546 g/mol. The molecule has 3 aromatic carbocycles. The minimum atomic E-state index is -7.03. The molecule has 2 nitrogen and oxygen atoms in total. The second-order valence-corrected chi connectivity index (χ2v) is 8.47. The highest BCUT2D eigenvalue weighted by Gasteiger charge is 2.45. The molecule has 0 heterocycles. The molecule has 1 atom stereocenters. The van der Waals surface area contributed by atoms with Crippen molar-refractivity contribution in [3.8, 4) is 11.1 Å². The summed E-state index contributed by atoms with van der Waals surface area (Å²) in [6.45, 7) is 0. The van der Waals surface area contributed by atoms with Crippen molar-refractivity contribution in [3.63, 3.8) is 0 Å². The molecule has 1 unspecified atom stereocenters. The molecule has 3 rings (SSSR count). The van der Waals surface area contributed by atoms with Crippen LogP contribution in [-0.4, -0.2) is 4.89 Å². The summed E-state index contributed by atoms with van der Waals surface area (Å²) in [7, 11) is -7.03. The van der Waals surface area contributed by atoms with Crippen LogP contribution in [0.25, 0.3) is 11.1 Å². The predicted octanol–water partition coefficient (Wildman–Crippen LogP) is 5.52. The number of hydrogen-bond donors (Lipinski definition) is 1. The Bertz CT molecular complexity index is 1430. The molecule has 0 bridgehead atoms. The van der Waals surface area contributed by atoms with Crippen LogP contribution in [-0.2, 0) is 4.57 Å². The largest absolute Gasteiger partial charge is 0.338 e. The minimum absolute atomic E-state index is 2.73. The average Bonchev–Trinajstić information content (AvgIpc) is 2.80. The molecular formula is C18HF14O2P. The highest BCUT2D eigenvalue weighted by atomic mass is 31.2. The van der Waals surface area contributed by atoms with E-state index in [0.717, 1.165) is 0 Å². The Hall–Kier alpha value is -3.13. The van der Waals surface area contributed by atoms with Gasteiger partial charge in [0.15, 0.2) is 69.8 Å². The molecule has 0 amide bonds.